The summed E-state index contributed by atoms with van der Waals surface area (Å²) in [7, 11) is 0. The molecule has 26 heavy (non-hydrogen) atoms. The minimum Gasteiger partial charge on any atom is -0.383 e. The quantitative estimate of drug-likeness (QED) is 0.451. The molecule has 4 rings (SSSR count). The predicted molar refractivity (Wildman–Crippen MR) is 110 cm³/mol. The van der Waals surface area contributed by atoms with Crippen LogP contribution in [-0.2, 0) is 23.3 Å². The Kier molecular flexibility index (Phi) is 5.08. The van der Waals surface area contributed by atoms with E-state index < -0.39 is 10.8 Å². The maximum atomic E-state index is 11.8. The van der Waals surface area contributed by atoms with Gasteiger partial charge in [-0.2, -0.15) is 0 Å². The number of fused-ring (bicyclic) bond motifs is 1. The fourth-order valence-corrected chi connectivity index (χ4v) is 6.95. The zero-order valence-electron chi connectivity index (χ0n) is 13.6. The minimum absolute atomic E-state index is 0.343. The van der Waals surface area contributed by atoms with Crippen LogP contribution in [0.25, 0.3) is 0 Å². The highest BCUT2D eigenvalue weighted by Gasteiger charge is 2.42. The zero-order chi connectivity index (χ0) is 18.6. The van der Waals surface area contributed by atoms with Crippen LogP contribution in [0, 0.1) is 0 Å². The summed E-state index contributed by atoms with van der Waals surface area (Å²) in [5.74, 6) is 0. The molecule has 0 aromatic carbocycles. The molecule has 1 atom stereocenters. The van der Waals surface area contributed by atoms with Gasteiger partial charge in [0, 0.05) is 6.42 Å². The number of halogens is 4. The smallest absolute Gasteiger partial charge is 0.262 e. The minimum atomic E-state index is -0.732. The molecule has 1 aliphatic carbocycles. The van der Waals surface area contributed by atoms with Gasteiger partial charge >= 0.3 is 0 Å². The second kappa shape index (κ2) is 6.94. The van der Waals surface area contributed by atoms with Crippen LogP contribution < -0.4 is 0 Å². The van der Waals surface area contributed by atoms with Crippen molar-refractivity contribution >= 4 is 80.0 Å². The number of carbonyl (C=O) groups is 1. The van der Waals surface area contributed by atoms with E-state index in [2.05, 4.69) is 5.16 Å². The van der Waals surface area contributed by atoms with E-state index in [1.54, 1.807) is 0 Å². The Balaban J connectivity index is 1.71. The van der Waals surface area contributed by atoms with E-state index in [1.165, 1.54) is 28.2 Å². The van der Waals surface area contributed by atoms with Crippen molar-refractivity contribution in [3.8, 4) is 0 Å². The summed E-state index contributed by atoms with van der Waals surface area (Å²) in [4.78, 5) is 20.0. The monoisotopic (exact) mass is 467 g/mol. The second-order valence-electron chi connectivity index (χ2n) is 6.57. The van der Waals surface area contributed by atoms with Gasteiger partial charge in [-0.15, -0.1) is 22.7 Å². The van der Waals surface area contributed by atoms with Gasteiger partial charge in [0.05, 0.1) is 24.7 Å². The predicted octanol–water partition coefficient (Wildman–Crippen LogP) is 7.07. The number of hydrogen-bond acceptors (Lipinski definition) is 5. The van der Waals surface area contributed by atoms with Crippen molar-refractivity contribution in [1.82, 2.24) is 0 Å². The van der Waals surface area contributed by atoms with Crippen LogP contribution in [-0.4, -0.2) is 11.0 Å². The molecule has 3 nitrogen and oxygen atoms in total. The van der Waals surface area contributed by atoms with Crippen molar-refractivity contribution in [3.05, 3.63) is 40.1 Å². The van der Waals surface area contributed by atoms with E-state index in [4.69, 9.17) is 51.2 Å². The van der Waals surface area contributed by atoms with Crippen molar-refractivity contribution in [2.45, 2.75) is 44.6 Å². The number of rotatable bonds is 3. The van der Waals surface area contributed by atoms with Gasteiger partial charge < -0.3 is 4.84 Å². The average molecular weight is 469 g/mol. The first-order valence-electron chi connectivity index (χ1n) is 8.05. The van der Waals surface area contributed by atoms with Crippen LogP contribution >= 0.6 is 69.1 Å². The molecule has 0 radical (unpaired) electrons. The molecule has 2 aliphatic rings. The van der Waals surface area contributed by atoms with E-state index in [1.807, 2.05) is 6.92 Å². The summed E-state index contributed by atoms with van der Waals surface area (Å²) < 4.78 is 0.438. The van der Waals surface area contributed by atoms with Crippen LogP contribution in [0.3, 0.4) is 0 Å². The molecular weight excluding hydrogens is 456 g/mol. The van der Waals surface area contributed by atoms with Gasteiger partial charge in [-0.1, -0.05) is 40.0 Å². The third-order valence-electron chi connectivity index (χ3n) is 4.76. The average Bonchev–Trinajstić information content (AvgIpc) is 3.26. The summed E-state index contributed by atoms with van der Waals surface area (Å²) in [6.07, 6.45) is 4.51. The van der Waals surface area contributed by atoms with Gasteiger partial charge in [-0.25, -0.2) is 0 Å². The molecular formula is C17H13Cl4NO2S2. The van der Waals surface area contributed by atoms with E-state index in [-0.39, 0.29) is 0 Å². The zero-order valence-corrected chi connectivity index (χ0v) is 18.3. The molecule has 0 bridgehead atoms. The Hall–Kier alpha value is -0.300. The largest absolute Gasteiger partial charge is 0.383 e. The van der Waals surface area contributed by atoms with Crippen LogP contribution in [0.15, 0.2) is 5.16 Å². The molecule has 0 spiro atoms. The highest BCUT2D eigenvalue weighted by atomic mass is 35.5. The van der Waals surface area contributed by atoms with E-state index in [9.17, 15) is 4.79 Å². The molecule has 0 saturated carbocycles. The molecule has 3 heterocycles. The summed E-state index contributed by atoms with van der Waals surface area (Å²) in [5.41, 5.74) is 2.35. The first-order chi connectivity index (χ1) is 12.3. The third-order valence-corrected chi connectivity index (χ3v) is 9.20. The van der Waals surface area contributed by atoms with Crippen molar-refractivity contribution in [2.24, 2.45) is 5.16 Å². The van der Waals surface area contributed by atoms with E-state index >= 15 is 0 Å². The summed E-state index contributed by atoms with van der Waals surface area (Å²) in [5, 5.41) is 4.68. The number of carbonyl (C=O) groups excluding carboxylic acids is 1. The Labute approximate surface area is 178 Å². The summed E-state index contributed by atoms with van der Waals surface area (Å²) >= 11 is 27.1. The van der Waals surface area contributed by atoms with Crippen LogP contribution in [0.5, 0.6) is 0 Å². The SMILES string of the molecule is CC1(c2sc(Cl)c(Cl)c2Cl)CC(c2sc(C(=O)Cl)c3c2CCCC3)=NO1. The normalized spacial score (nSPS) is 22.1. The second-order valence-corrected chi connectivity index (χ2v) is 10.3. The molecule has 2 aromatic rings. The van der Waals surface area contributed by atoms with Gasteiger partial charge in [0.15, 0.2) is 5.60 Å². The van der Waals surface area contributed by atoms with Crippen molar-refractivity contribution in [1.29, 1.82) is 0 Å². The molecule has 138 valence electrons. The lowest BCUT2D eigenvalue weighted by Crippen LogP contribution is -2.21. The summed E-state index contributed by atoms with van der Waals surface area (Å²) in [6.45, 7) is 1.92. The first kappa shape index (κ1) is 19.0. The maximum Gasteiger partial charge on any atom is 0.262 e. The fraction of sp³-hybridized carbons (Fsp3) is 0.412. The Bertz CT molecular complexity index is 949. The Morgan fingerprint density at radius 1 is 1.12 bits per heavy atom. The third kappa shape index (κ3) is 3.01. The Morgan fingerprint density at radius 2 is 1.81 bits per heavy atom. The molecule has 1 aliphatic heterocycles. The Morgan fingerprint density at radius 3 is 2.42 bits per heavy atom. The number of oxime groups is 1. The number of hydrogen-bond donors (Lipinski definition) is 0. The lowest BCUT2D eigenvalue weighted by molar-refractivity contribution is -0.00438. The molecule has 0 N–H and O–H groups in total. The van der Waals surface area contributed by atoms with Gasteiger partial charge in [0.25, 0.3) is 5.24 Å². The first-order valence-corrected chi connectivity index (χ1v) is 11.2. The molecule has 9 heteroatoms. The van der Waals surface area contributed by atoms with Crippen LogP contribution in [0.1, 0.15) is 56.7 Å². The standard InChI is InChI=1S/C17H13Cl4NO2S2/c1-17(14-10(18)11(19)16(21)26-14)6-9(22-24-17)12-7-4-2-3-5-8(7)13(25-12)15(20)23/h2-6H2,1H3. The van der Waals surface area contributed by atoms with E-state index in [0.717, 1.165) is 46.7 Å². The maximum absolute atomic E-state index is 11.8. The fourth-order valence-electron chi connectivity index (χ4n) is 3.51. The lowest BCUT2D eigenvalue weighted by atomic mass is 9.89. The molecule has 1 unspecified atom stereocenters. The molecule has 0 saturated heterocycles. The van der Waals surface area contributed by atoms with Crippen molar-refractivity contribution < 1.29 is 9.63 Å². The van der Waals surface area contributed by atoms with Crippen LogP contribution in [0.2, 0.25) is 14.4 Å². The summed E-state index contributed by atoms with van der Waals surface area (Å²) in [6, 6.07) is 0. The van der Waals surface area contributed by atoms with Gasteiger partial charge in [-0.3, -0.25) is 4.79 Å². The molecule has 0 amide bonds. The lowest BCUT2D eigenvalue weighted by Gasteiger charge is -2.20. The number of nitrogens with zero attached hydrogens (tertiary/aromatic N) is 1. The van der Waals surface area contributed by atoms with Gasteiger partial charge in [0.2, 0.25) is 0 Å². The van der Waals surface area contributed by atoms with E-state index in [0.29, 0.717) is 25.7 Å². The highest BCUT2D eigenvalue weighted by Crippen LogP contribution is 2.50. The molecule has 0 fully saturated rings. The van der Waals surface area contributed by atoms with Crippen LogP contribution in [0.4, 0.5) is 0 Å². The van der Waals surface area contributed by atoms with Crippen molar-refractivity contribution in [2.75, 3.05) is 0 Å². The topological polar surface area (TPSA) is 38.7 Å². The van der Waals surface area contributed by atoms with Gasteiger partial charge in [-0.05, 0) is 55.3 Å². The van der Waals surface area contributed by atoms with Crippen molar-refractivity contribution in [3.63, 3.8) is 0 Å². The molecule has 2 aromatic heterocycles. The van der Waals surface area contributed by atoms with Gasteiger partial charge in [0.1, 0.15) is 10.0 Å². The number of thiophene rings is 2. The highest BCUT2D eigenvalue weighted by molar-refractivity contribution is 7.18.